The number of allylic oxidation sites excluding steroid dienone is 1. The van der Waals surface area contributed by atoms with Gasteiger partial charge in [0.05, 0.1) is 0 Å². The molecule has 1 fully saturated rings. The van der Waals surface area contributed by atoms with E-state index in [0.29, 0.717) is 29.0 Å². The van der Waals surface area contributed by atoms with Gasteiger partial charge in [-0.2, -0.15) is 0 Å². The summed E-state index contributed by atoms with van der Waals surface area (Å²) >= 11 is 0. The number of benzene rings is 1. The molecule has 0 N–H and O–H groups in total. The minimum atomic E-state index is -0.511. The molecule has 0 radical (unpaired) electrons. The monoisotopic (exact) mass is 398 g/mol. The van der Waals surface area contributed by atoms with Crippen LogP contribution in [-0.2, 0) is 15.0 Å². The number of esters is 2. The largest absolute Gasteiger partial charge is 0.422 e. The maximum absolute atomic E-state index is 13.2. The van der Waals surface area contributed by atoms with E-state index >= 15 is 0 Å². The fourth-order valence-electron chi connectivity index (χ4n) is 4.95. The van der Waals surface area contributed by atoms with E-state index in [4.69, 9.17) is 9.47 Å². The van der Waals surface area contributed by atoms with Crippen molar-refractivity contribution in [2.24, 2.45) is 11.8 Å². The van der Waals surface area contributed by atoms with Crippen molar-refractivity contribution in [1.82, 2.24) is 0 Å². The van der Waals surface area contributed by atoms with Crippen molar-refractivity contribution in [3.05, 3.63) is 34.9 Å². The van der Waals surface area contributed by atoms with Crippen LogP contribution in [0.15, 0.2) is 18.2 Å². The lowest BCUT2D eigenvalue weighted by atomic mass is 9.54. The average molecular weight is 398 g/mol. The summed E-state index contributed by atoms with van der Waals surface area (Å²) in [4.78, 5) is 37.1. The summed E-state index contributed by atoms with van der Waals surface area (Å²) in [6, 6.07) is 1.83. The summed E-state index contributed by atoms with van der Waals surface area (Å²) < 4.78 is 11.2. The topological polar surface area (TPSA) is 69.7 Å². The van der Waals surface area contributed by atoms with Crippen molar-refractivity contribution in [3.63, 3.8) is 0 Å². The Morgan fingerprint density at radius 1 is 1.17 bits per heavy atom. The van der Waals surface area contributed by atoms with Gasteiger partial charge in [0.25, 0.3) is 0 Å². The molecular formula is C24H30O5. The van der Waals surface area contributed by atoms with Gasteiger partial charge in [0.15, 0.2) is 17.3 Å². The van der Waals surface area contributed by atoms with Crippen LogP contribution in [0.2, 0.25) is 0 Å². The van der Waals surface area contributed by atoms with E-state index in [0.717, 1.165) is 18.4 Å². The molecule has 5 heteroatoms. The van der Waals surface area contributed by atoms with E-state index in [9.17, 15) is 14.4 Å². The molecular weight excluding hydrogens is 368 g/mol. The lowest BCUT2D eigenvalue weighted by Gasteiger charge is -2.49. The van der Waals surface area contributed by atoms with Crippen LogP contribution in [-0.4, -0.2) is 17.7 Å². The molecule has 0 aliphatic heterocycles. The van der Waals surface area contributed by atoms with Crippen LogP contribution in [0.3, 0.4) is 0 Å². The zero-order chi connectivity index (χ0) is 21.7. The minimum Gasteiger partial charge on any atom is -0.422 e. The highest BCUT2D eigenvalue weighted by Crippen LogP contribution is 2.58. The summed E-state index contributed by atoms with van der Waals surface area (Å²) in [5, 5.41) is 0. The van der Waals surface area contributed by atoms with E-state index in [2.05, 4.69) is 20.4 Å². The van der Waals surface area contributed by atoms with Crippen molar-refractivity contribution >= 4 is 17.7 Å². The van der Waals surface area contributed by atoms with Crippen LogP contribution < -0.4 is 9.47 Å². The average Bonchev–Trinajstić information content (AvgIpc) is 2.61. The Morgan fingerprint density at radius 2 is 1.76 bits per heavy atom. The molecule has 0 aromatic heterocycles. The number of ether oxygens (including phenoxy) is 2. The SMILES string of the molecule is C=C1[C@H]2CC(=O)c3cc(C(C)C)c(OC(C)=O)c(OC(C)=O)c3[C@@]2(C)CC[C@@H]1C. The van der Waals surface area contributed by atoms with Gasteiger partial charge in [0, 0.05) is 42.4 Å². The van der Waals surface area contributed by atoms with Crippen LogP contribution in [0.4, 0.5) is 0 Å². The van der Waals surface area contributed by atoms with E-state index in [-0.39, 0.29) is 29.1 Å². The molecule has 2 aliphatic carbocycles. The van der Waals surface area contributed by atoms with Crippen LogP contribution in [0.1, 0.15) is 88.2 Å². The summed E-state index contributed by atoms with van der Waals surface area (Å²) in [6.45, 7) is 15.1. The fraction of sp³-hybridized carbons (Fsp3) is 0.542. The Labute approximate surface area is 172 Å². The lowest BCUT2D eigenvalue weighted by Crippen LogP contribution is -2.45. The second kappa shape index (κ2) is 7.43. The zero-order valence-corrected chi connectivity index (χ0v) is 18.2. The third-order valence-corrected chi connectivity index (χ3v) is 6.59. The summed E-state index contributed by atoms with van der Waals surface area (Å²) in [6.07, 6.45) is 2.18. The van der Waals surface area contributed by atoms with E-state index in [1.807, 2.05) is 19.9 Å². The van der Waals surface area contributed by atoms with Crippen LogP contribution in [0, 0.1) is 11.8 Å². The first-order valence-electron chi connectivity index (χ1n) is 10.3. The Bertz CT molecular complexity index is 910. The molecule has 1 aromatic carbocycles. The highest BCUT2D eigenvalue weighted by molar-refractivity contribution is 6.02. The van der Waals surface area contributed by atoms with E-state index < -0.39 is 17.4 Å². The molecule has 5 nitrogen and oxygen atoms in total. The van der Waals surface area contributed by atoms with Gasteiger partial charge in [-0.05, 0) is 36.7 Å². The zero-order valence-electron chi connectivity index (χ0n) is 18.2. The van der Waals surface area contributed by atoms with Gasteiger partial charge >= 0.3 is 11.9 Å². The van der Waals surface area contributed by atoms with Crippen LogP contribution in [0.25, 0.3) is 0 Å². The molecule has 156 valence electrons. The standard InChI is InChI=1S/C24H30O5/c1-12(2)17-10-18-20(27)11-19-14(4)13(3)8-9-24(19,7)21(18)23(29-16(6)26)22(17)28-15(5)25/h10,12-13,19H,4,8-9,11H2,1-3,5-7H3/t13-,19+,24-/m0/s1. The number of carbonyl (C=O) groups excluding carboxylic acids is 3. The number of fused-ring (bicyclic) bond motifs is 3. The Kier molecular flexibility index (Phi) is 5.46. The molecule has 0 bridgehead atoms. The minimum absolute atomic E-state index is 0.0161. The van der Waals surface area contributed by atoms with E-state index in [1.165, 1.54) is 13.8 Å². The Hall–Kier alpha value is -2.43. The van der Waals surface area contributed by atoms with Gasteiger partial charge in [-0.1, -0.05) is 39.8 Å². The lowest BCUT2D eigenvalue weighted by molar-refractivity contribution is -0.134. The van der Waals surface area contributed by atoms with E-state index in [1.54, 1.807) is 0 Å². The first-order chi connectivity index (χ1) is 13.5. The van der Waals surface area contributed by atoms with Gasteiger partial charge in [0.1, 0.15) is 0 Å². The summed E-state index contributed by atoms with van der Waals surface area (Å²) in [7, 11) is 0. The Balaban J connectivity index is 2.38. The third kappa shape index (κ3) is 3.52. The molecule has 0 heterocycles. The second-order valence-corrected chi connectivity index (χ2v) is 9.00. The van der Waals surface area contributed by atoms with Gasteiger partial charge < -0.3 is 9.47 Å². The summed E-state index contributed by atoms with van der Waals surface area (Å²) in [5.74, 6) is -0.241. The van der Waals surface area contributed by atoms with Gasteiger partial charge in [-0.15, -0.1) is 0 Å². The van der Waals surface area contributed by atoms with Crippen molar-refractivity contribution in [1.29, 1.82) is 0 Å². The number of hydrogen-bond donors (Lipinski definition) is 0. The molecule has 0 amide bonds. The second-order valence-electron chi connectivity index (χ2n) is 9.00. The highest BCUT2D eigenvalue weighted by Gasteiger charge is 2.50. The molecule has 0 spiro atoms. The molecule has 0 saturated heterocycles. The van der Waals surface area contributed by atoms with Gasteiger partial charge in [0.2, 0.25) is 0 Å². The number of carbonyl (C=O) groups is 3. The predicted molar refractivity (Wildman–Crippen MR) is 110 cm³/mol. The maximum atomic E-state index is 13.2. The normalized spacial score (nSPS) is 26.0. The predicted octanol–water partition coefficient (Wildman–Crippen LogP) is 5.11. The molecule has 3 atom stereocenters. The highest BCUT2D eigenvalue weighted by atomic mass is 16.6. The van der Waals surface area contributed by atoms with Crippen molar-refractivity contribution in [2.75, 3.05) is 0 Å². The molecule has 1 aromatic rings. The number of rotatable bonds is 3. The number of ketones is 1. The first kappa shape index (κ1) is 21.3. The fourth-order valence-corrected chi connectivity index (χ4v) is 4.95. The third-order valence-electron chi connectivity index (χ3n) is 6.59. The Morgan fingerprint density at radius 3 is 2.31 bits per heavy atom. The van der Waals surface area contributed by atoms with Crippen molar-refractivity contribution in [2.45, 2.75) is 72.1 Å². The smallest absolute Gasteiger partial charge is 0.308 e. The van der Waals surface area contributed by atoms with Gasteiger partial charge in [-0.3, -0.25) is 14.4 Å². The van der Waals surface area contributed by atoms with Crippen molar-refractivity contribution in [3.8, 4) is 11.5 Å². The van der Waals surface area contributed by atoms with Crippen molar-refractivity contribution < 1.29 is 23.9 Å². The molecule has 1 saturated carbocycles. The van der Waals surface area contributed by atoms with Crippen LogP contribution >= 0.6 is 0 Å². The maximum Gasteiger partial charge on any atom is 0.308 e. The summed E-state index contributed by atoms with van der Waals surface area (Å²) in [5.41, 5.74) is 2.59. The van der Waals surface area contributed by atoms with Crippen LogP contribution in [0.5, 0.6) is 11.5 Å². The quantitative estimate of drug-likeness (QED) is 0.402. The number of hydrogen-bond acceptors (Lipinski definition) is 5. The number of Topliss-reactive ketones (excluding diaryl/α,β-unsaturated/α-hetero) is 1. The molecule has 29 heavy (non-hydrogen) atoms. The molecule has 0 unspecified atom stereocenters. The molecule has 2 aliphatic rings. The molecule has 3 rings (SSSR count). The van der Waals surface area contributed by atoms with Gasteiger partial charge in [-0.25, -0.2) is 0 Å². The first-order valence-corrected chi connectivity index (χ1v) is 10.3.